The van der Waals surface area contributed by atoms with Crippen LogP contribution < -0.4 is 5.56 Å². The fourth-order valence-corrected chi connectivity index (χ4v) is 2.43. The number of hydrogen-bond donors (Lipinski definition) is 1. The number of rotatable bonds is 2. The highest BCUT2D eigenvalue weighted by molar-refractivity contribution is 9.10. The second kappa shape index (κ2) is 4.90. The van der Waals surface area contributed by atoms with Gasteiger partial charge in [0.25, 0.3) is 5.56 Å². The topological polar surface area (TPSA) is 87.4 Å². The highest BCUT2D eigenvalue weighted by atomic mass is 79.9. The molecule has 0 aliphatic heterocycles. The summed E-state index contributed by atoms with van der Waals surface area (Å²) in [5.74, 6) is 0.972. The maximum Gasteiger partial charge on any atom is 0.267 e. The van der Waals surface area contributed by atoms with Gasteiger partial charge in [0.1, 0.15) is 10.3 Å². The third-order valence-electron chi connectivity index (χ3n) is 2.86. The number of fused-ring (bicyclic) bond motifs is 1. The van der Waals surface area contributed by atoms with Crippen LogP contribution in [-0.4, -0.2) is 19.5 Å². The average molecular weight is 330 g/mol. The van der Waals surface area contributed by atoms with E-state index < -0.39 is 0 Å². The number of nitriles is 1. The molecule has 3 aromatic rings. The van der Waals surface area contributed by atoms with Gasteiger partial charge in [-0.15, -0.1) is 0 Å². The van der Waals surface area contributed by atoms with Gasteiger partial charge in [0.15, 0.2) is 5.82 Å². The third kappa shape index (κ3) is 1.90. The van der Waals surface area contributed by atoms with Crippen molar-refractivity contribution in [3.05, 3.63) is 51.2 Å². The van der Waals surface area contributed by atoms with Crippen LogP contribution in [0.3, 0.4) is 0 Å². The van der Waals surface area contributed by atoms with Crippen LogP contribution in [0.5, 0.6) is 0 Å². The SMILES string of the molecule is N#CCc1nc2ccccc2n1-c1nc[nH]c(=O)c1Br. The van der Waals surface area contributed by atoms with Crippen LogP contribution in [0.4, 0.5) is 0 Å². The molecule has 0 atom stereocenters. The van der Waals surface area contributed by atoms with Crippen LogP contribution in [0.15, 0.2) is 39.9 Å². The maximum atomic E-state index is 11.7. The molecule has 0 saturated heterocycles. The summed E-state index contributed by atoms with van der Waals surface area (Å²) in [5, 5.41) is 8.94. The predicted octanol–water partition coefficient (Wildman–Crippen LogP) is 1.94. The minimum absolute atomic E-state index is 0.135. The molecule has 98 valence electrons. The predicted molar refractivity (Wildman–Crippen MR) is 76.5 cm³/mol. The molecule has 2 aromatic heterocycles. The van der Waals surface area contributed by atoms with Gasteiger partial charge in [0.2, 0.25) is 0 Å². The molecule has 0 bridgehead atoms. The Morgan fingerprint density at radius 3 is 3.00 bits per heavy atom. The first kappa shape index (κ1) is 12.6. The normalized spacial score (nSPS) is 10.6. The van der Waals surface area contributed by atoms with E-state index in [1.807, 2.05) is 24.3 Å². The van der Waals surface area contributed by atoms with E-state index in [4.69, 9.17) is 5.26 Å². The Bertz CT molecular complexity index is 890. The van der Waals surface area contributed by atoms with Crippen LogP contribution in [-0.2, 0) is 6.42 Å². The summed E-state index contributed by atoms with van der Waals surface area (Å²) in [5.41, 5.74) is 1.28. The molecular weight excluding hydrogens is 322 g/mol. The monoisotopic (exact) mass is 329 g/mol. The summed E-state index contributed by atoms with van der Waals surface area (Å²) < 4.78 is 2.03. The summed E-state index contributed by atoms with van der Waals surface area (Å²) in [6.45, 7) is 0. The lowest BCUT2D eigenvalue weighted by Crippen LogP contribution is -2.13. The fourth-order valence-electron chi connectivity index (χ4n) is 2.03. The molecule has 1 N–H and O–H groups in total. The van der Waals surface area contributed by atoms with E-state index in [0.29, 0.717) is 16.1 Å². The van der Waals surface area contributed by atoms with Crippen molar-refractivity contribution in [2.24, 2.45) is 0 Å². The first-order valence-electron chi connectivity index (χ1n) is 5.79. The molecule has 0 saturated carbocycles. The number of hydrogen-bond acceptors (Lipinski definition) is 4. The Morgan fingerprint density at radius 2 is 2.20 bits per heavy atom. The molecule has 0 aliphatic rings. The van der Waals surface area contributed by atoms with Crippen LogP contribution in [0.1, 0.15) is 5.82 Å². The second-order valence-corrected chi connectivity index (χ2v) is 4.85. The molecule has 0 radical (unpaired) electrons. The first-order valence-corrected chi connectivity index (χ1v) is 6.58. The van der Waals surface area contributed by atoms with Crippen LogP contribution >= 0.6 is 15.9 Å². The number of H-pyrrole nitrogens is 1. The molecule has 1 aromatic carbocycles. The number of aromatic nitrogens is 4. The van der Waals surface area contributed by atoms with Crippen molar-refractivity contribution in [3.8, 4) is 11.9 Å². The van der Waals surface area contributed by atoms with Crippen molar-refractivity contribution in [3.63, 3.8) is 0 Å². The zero-order valence-corrected chi connectivity index (χ0v) is 11.8. The molecule has 0 fully saturated rings. The third-order valence-corrected chi connectivity index (χ3v) is 3.57. The largest absolute Gasteiger partial charge is 0.312 e. The van der Waals surface area contributed by atoms with Gasteiger partial charge in [-0.25, -0.2) is 9.97 Å². The summed E-state index contributed by atoms with van der Waals surface area (Å²) in [7, 11) is 0. The number of imidazole rings is 1. The quantitative estimate of drug-likeness (QED) is 0.778. The lowest BCUT2D eigenvalue weighted by Gasteiger charge is -2.07. The van der Waals surface area contributed by atoms with Gasteiger partial charge in [-0.05, 0) is 28.1 Å². The van der Waals surface area contributed by atoms with Crippen LogP contribution in [0.2, 0.25) is 0 Å². The number of aromatic amines is 1. The van der Waals surface area contributed by atoms with Crippen molar-refractivity contribution >= 4 is 27.0 Å². The van der Waals surface area contributed by atoms with Gasteiger partial charge in [-0.2, -0.15) is 5.26 Å². The lowest BCUT2D eigenvalue weighted by molar-refractivity contribution is 0.897. The Hall–Kier alpha value is -2.46. The van der Waals surface area contributed by atoms with Gasteiger partial charge < -0.3 is 4.98 Å². The molecule has 20 heavy (non-hydrogen) atoms. The highest BCUT2D eigenvalue weighted by Crippen LogP contribution is 2.23. The lowest BCUT2D eigenvalue weighted by atomic mass is 10.3. The van der Waals surface area contributed by atoms with E-state index in [9.17, 15) is 4.79 Å². The summed E-state index contributed by atoms with van der Waals surface area (Å²) in [6, 6.07) is 9.55. The molecule has 0 spiro atoms. The molecule has 6 nitrogen and oxygen atoms in total. The maximum absolute atomic E-state index is 11.7. The summed E-state index contributed by atoms with van der Waals surface area (Å²) in [6.07, 6.45) is 1.46. The van der Waals surface area contributed by atoms with Crippen molar-refractivity contribution < 1.29 is 0 Å². The van der Waals surface area contributed by atoms with Gasteiger partial charge >= 0.3 is 0 Å². The van der Waals surface area contributed by atoms with Gasteiger partial charge in [-0.1, -0.05) is 12.1 Å². The molecule has 0 amide bonds. The van der Waals surface area contributed by atoms with E-state index in [2.05, 4.69) is 37.0 Å². The van der Waals surface area contributed by atoms with Crippen LogP contribution in [0.25, 0.3) is 16.9 Å². The van der Waals surface area contributed by atoms with Gasteiger partial charge in [0, 0.05) is 0 Å². The zero-order valence-electron chi connectivity index (χ0n) is 10.2. The van der Waals surface area contributed by atoms with Crippen molar-refractivity contribution in [1.82, 2.24) is 19.5 Å². The molecular formula is C13H8BrN5O. The Balaban J connectivity index is 2.40. The second-order valence-electron chi connectivity index (χ2n) is 4.06. The van der Waals surface area contributed by atoms with Crippen molar-refractivity contribution in [2.45, 2.75) is 6.42 Å². The van der Waals surface area contributed by atoms with E-state index in [-0.39, 0.29) is 12.0 Å². The number of nitrogens with one attached hydrogen (secondary N) is 1. The van der Waals surface area contributed by atoms with E-state index >= 15 is 0 Å². The van der Waals surface area contributed by atoms with Crippen LogP contribution in [0, 0.1) is 11.3 Å². The standard InChI is InChI=1S/C13H8BrN5O/c14-11-12(16-7-17-13(11)20)19-9-4-2-1-3-8(9)18-10(19)5-6-15/h1-4,7H,5H2,(H,16,17,20). The molecule has 0 aliphatic carbocycles. The molecule has 3 rings (SSSR count). The van der Waals surface area contributed by atoms with E-state index in [1.54, 1.807) is 4.57 Å². The number of para-hydroxylation sites is 2. The Kier molecular flexibility index (Phi) is 3.08. The minimum Gasteiger partial charge on any atom is -0.312 e. The van der Waals surface area contributed by atoms with Gasteiger partial charge in [-0.3, -0.25) is 9.36 Å². The zero-order chi connectivity index (χ0) is 14.1. The summed E-state index contributed by atoms with van der Waals surface area (Å²) >= 11 is 3.23. The number of halogens is 1. The average Bonchev–Trinajstić information content (AvgIpc) is 2.80. The van der Waals surface area contributed by atoms with Crippen molar-refractivity contribution in [2.75, 3.05) is 0 Å². The first-order chi connectivity index (χ1) is 9.72. The Labute approximate surface area is 121 Å². The summed E-state index contributed by atoms with van der Waals surface area (Å²) in [4.78, 5) is 22.8. The number of nitrogens with zero attached hydrogens (tertiary/aromatic N) is 4. The van der Waals surface area contributed by atoms with E-state index in [0.717, 1.165) is 11.0 Å². The minimum atomic E-state index is -0.282. The van der Waals surface area contributed by atoms with Gasteiger partial charge in [0.05, 0.1) is 29.9 Å². The molecule has 7 heteroatoms. The fraction of sp³-hybridized carbons (Fsp3) is 0.0769. The Morgan fingerprint density at radius 1 is 1.40 bits per heavy atom. The number of benzene rings is 1. The highest BCUT2D eigenvalue weighted by Gasteiger charge is 2.16. The molecule has 0 unspecified atom stereocenters. The van der Waals surface area contributed by atoms with Crippen molar-refractivity contribution in [1.29, 1.82) is 5.26 Å². The smallest absolute Gasteiger partial charge is 0.267 e. The van der Waals surface area contributed by atoms with E-state index in [1.165, 1.54) is 6.33 Å². The molecule has 2 heterocycles.